The molecule has 0 atom stereocenters. The Morgan fingerprint density at radius 2 is 1.64 bits per heavy atom. The summed E-state index contributed by atoms with van der Waals surface area (Å²) in [7, 11) is -3.60. The molecule has 3 rings (SSSR count). The molecule has 0 N–H and O–H groups in total. The number of hydrogen-bond acceptors (Lipinski definition) is 3. The largest absolute Gasteiger partial charge is 0.369 e. The summed E-state index contributed by atoms with van der Waals surface area (Å²) in [6, 6.07) is 9.63. The SMILES string of the molecule is Cc1cc(S(=O)(=O)N2CCN(c3ccc(Cl)cc3C)CC2)ccc1F. The van der Waals surface area contributed by atoms with E-state index in [9.17, 15) is 12.8 Å². The van der Waals surface area contributed by atoms with Crippen molar-refractivity contribution in [2.45, 2.75) is 18.7 Å². The van der Waals surface area contributed by atoms with Crippen molar-refractivity contribution in [3.63, 3.8) is 0 Å². The minimum Gasteiger partial charge on any atom is -0.369 e. The Balaban J connectivity index is 1.76. The minimum atomic E-state index is -3.60. The molecule has 7 heteroatoms. The Kier molecular flexibility index (Phi) is 5.04. The number of benzene rings is 2. The first kappa shape index (κ1) is 18.2. The molecule has 1 saturated heterocycles. The molecule has 25 heavy (non-hydrogen) atoms. The number of piperazine rings is 1. The topological polar surface area (TPSA) is 40.6 Å². The van der Waals surface area contributed by atoms with E-state index in [1.165, 1.54) is 22.5 Å². The summed E-state index contributed by atoms with van der Waals surface area (Å²) >= 11 is 6.00. The third kappa shape index (κ3) is 3.66. The normalized spacial score (nSPS) is 16.2. The van der Waals surface area contributed by atoms with Gasteiger partial charge in [0.25, 0.3) is 0 Å². The van der Waals surface area contributed by atoms with E-state index >= 15 is 0 Å². The van der Waals surface area contributed by atoms with E-state index in [4.69, 9.17) is 11.6 Å². The van der Waals surface area contributed by atoms with Gasteiger partial charge in [0, 0.05) is 36.9 Å². The molecule has 1 fully saturated rings. The van der Waals surface area contributed by atoms with Crippen LogP contribution in [0.2, 0.25) is 5.02 Å². The van der Waals surface area contributed by atoms with Gasteiger partial charge in [-0.05, 0) is 61.4 Å². The average Bonchev–Trinajstić information content (AvgIpc) is 2.57. The molecule has 0 radical (unpaired) electrons. The van der Waals surface area contributed by atoms with Crippen LogP contribution in [0.1, 0.15) is 11.1 Å². The van der Waals surface area contributed by atoms with Crippen molar-refractivity contribution >= 4 is 27.3 Å². The van der Waals surface area contributed by atoms with Gasteiger partial charge in [-0.3, -0.25) is 0 Å². The van der Waals surface area contributed by atoms with Crippen molar-refractivity contribution in [2.24, 2.45) is 0 Å². The number of nitrogens with zero attached hydrogens (tertiary/aromatic N) is 2. The maximum absolute atomic E-state index is 13.4. The fourth-order valence-corrected chi connectivity index (χ4v) is 4.80. The predicted octanol–water partition coefficient (Wildman–Crippen LogP) is 3.61. The van der Waals surface area contributed by atoms with Crippen LogP contribution >= 0.6 is 11.6 Å². The van der Waals surface area contributed by atoms with Crippen LogP contribution in [0.4, 0.5) is 10.1 Å². The summed E-state index contributed by atoms with van der Waals surface area (Å²) in [6.45, 7) is 5.53. The van der Waals surface area contributed by atoms with Gasteiger partial charge in [0.15, 0.2) is 0 Å². The fraction of sp³-hybridized carbons (Fsp3) is 0.333. The standard InChI is InChI=1S/C18H20ClFN2O2S/c1-13-12-16(4-5-17(13)20)25(23,24)22-9-7-21(8-10-22)18-6-3-15(19)11-14(18)2/h3-6,11-12H,7-10H2,1-2H3. The number of aryl methyl sites for hydroxylation is 2. The minimum absolute atomic E-state index is 0.141. The van der Waals surface area contributed by atoms with Crippen molar-refractivity contribution < 1.29 is 12.8 Å². The average molecular weight is 383 g/mol. The van der Waals surface area contributed by atoms with E-state index in [0.717, 1.165) is 11.3 Å². The second kappa shape index (κ2) is 6.94. The van der Waals surface area contributed by atoms with E-state index in [-0.39, 0.29) is 4.90 Å². The maximum atomic E-state index is 13.4. The smallest absolute Gasteiger partial charge is 0.243 e. The van der Waals surface area contributed by atoms with Gasteiger partial charge in [-0.25, -0.2) is 12.8 Å². The molecule has 0 aliphatic carbocycles. The van der Waals surface area contributed by atoms with Crippen molar-refractivity contribution in [2.75, 3.05) is 31.1 Å². The van der Waals surface area contributed by atoms with Gasteiger partial charge < -0.3 is 4.90 Å². The van der Waals surface area contributed by atoms with E-state index in [2.05, 4.69) is 4.90 Å². The van der Waals surface area contributed by atoms with Crippen LogP contribution < -0.4 is 4.90 Å². The number of halogens is 2. The fourth-order valence-electron chi connectivity index (χ4n) is 3.07. The molecule has 1 aliphatic heterocycles. The summed E-state index contributed by atoms with van der Waals surface area (Å²) in [5.41, 5.74) is 2.47. The summed E-state index contributed by atoms with van der Waals surface area (Å²) in [6.07, 6.45) is 0. The lowest BCUT2D eigenvalue weighted by molar-refractivity contribution is 0.384. The quantitative estimate of drug-likeness (QED) is 0.814. The van der Waals surface area contributed by atoms with E-state index in [0.29, 0.717) is 36.8 Å². The third-order valence-corrected chi connectivity index (χ3v) is 6.64. The van der Waals surface area contributed by atoms with Gasteiger partial charge in [0.1, 0.15) is 5.82 Å². The third-order valence-electron chi connectivity index (χ3n) is 4.51. The van der Waals surface area contributed by atoms with Crippen LogP contribution in [0.5, 0.6) is 0 Å². The maximum Gasteiger partial charge on any atom is 0.243 e. The summed E-state index contributed by atoms with van der Waals surface area (Å²) in [4.78, 5) is 2.30. The first-order chi connectivity index (χ1) is 11.8. The van der Waals surface area contributed by atoms with Crippen LogP contribution in [0.3, 0.4) is 0 Å². The zero-order chi connectivity index (χ0) is 18.2. The second-order valence-electron chi connectivity index (χ2n) is 6.23. The molecule has 4 nitrogen and oxygen atoms in total. The van der Waals surface area contributed by atoms with Gasteiger partial charge in [0.05, 0.1) is 4.90 Å². The molecule has 2 aromatic carbocycles. The zero-order valence-electron chi connectivity index (χ0n) is 14.2. The Morgan fingerprint density at radius 1 is 0.960 bits per heavy atom. The lowest BCUT2D eigenvalue weighted by Crippen LogP contribution is -2.48. The van der Waals surface area contributed by atoms with Gasteiger partial charge >= 0.3 is 0 Å². The van der Waals surface area contributed by atoms with Crippen molar-refractivity contribution in [3.8, 4) is 0 Å². The lowest BCUT2D eigenvalue weighted by Gasteiger charge is -2.36. The highest BCUT2D eigenvalue weighted by Crippen LogP contribution is 2.26. The van der Waals surface area contributed by atoms with Gasteiger partial charge in [-0.15, -0.1) is 0 Å². The lowest BCUT2D eigenvalue weighted by atomic mass is 10.1. The summed E-state index contributed by atoms with van der Waals surface area (Å²) < 4.78 is 40.4. The molecule has 1 heterocycles. The van der Waals surface area contributed by atoms with Crippen molar-refractivity contribution in [1.29, 1.82) is 0 Å². The molecule has 0 aromatic heterocycles. The molecule has 0 unspecified atom stereocenters. The molecule has 0 saturated carbocycles. The van der Waals surface area contributed by atoms with Crippen LogP contribution in [-0.4, -0.2) is 38.9 Å². The number of hydrogen-bond donors (Lipinski definition) is 0. The van der Waals surface area contributed by atoms with Gasteiger partial charge in [-0.1, -0.05) is 11.6 Å². The summed E-state index contributed by atoms with van der Waals surface area (Å²) in [5.74, 6) is -0.401. The predicted molar refractivity (Wildman–Crippen MR) is 98.3 cm³/mol. The van der Waals surface area contributed by atoms with E-state index in [1.54, 1.807) is 6.92 Å². The molecule has 0 spiro atoms. The van der Waals surface area contributed by atoms with Gasteiger partial charge in [-0.2, -0.15) is 4.31 Å². The van der Waals surface area contributed by atoms with E-state index < -0.39 is 15.8 Å². The molecule has 1 aliphatic rings. The molecule has 0 bridgehead atoms. The Bertz CT molecular complexity index is 894. The summed E-state index contributed by atoms with van der Waals surface area (Å²) in [5, 5.41) is 0.689. The molecule has 134 valence electrons. The monoisotopic (exact) mass is 382 g/mol. The van der Waals surface area contributed by atoms with Crippen LogP contribution in [0, 0.1) is 19.7 Å². The van der Waals surface area contributed by atoms with Gasteiger partial charge in [0.2, 0.25) is 10.0 Å². The number of anilines is 1. The van der Waals surface area contributed by atoms with Crippen molar-refractivity contribution in [3.05, 3.63) is 58.4 Å². The van der Waals surface area contributed by atoms with Crippen LogP contribution in [0.15, 0.2) is 41.3 Å². The first-order valence-electron chi connectivity index (χ1n) is 8.06. The van der Waals surface area contributed by atoms with E-state index in [1.807, 2.05) is 25.1 Å². The molecule has 2 aromatic rings. The number of rotatable bonds is 3. The van der Waals surface area contributed by atoms with Crippen molar-refractivity contribution in [1.82, 2.24) is 4.31 Å². The first-order valence-corrected chi connectivity index (χ1v) is 9.88. The Labute approximate surface area is 152 Å². The number of sulfonamides is 1. The van der Waals surface area contributed by atoms with Crippen LogP contribution in [0.25, 0.3) is 0 Å². The highest BCUT2D eigenvalue weighted by atomic mass is 35.5. The molecular formula is C18H20ClFN2O2S. The molecular weight excluding hydrogens is 363 g/mol. The Morgan fingerprint density at radius 3 is 2.24 bits per heavy atom. The van der Waals surface area contributed by atoms with Crippen LogP contribution in [-0.2, 0) is 10.0 Å². The highest BCUT2D eigenvalue weighted by Gasteiger charge is 2.29. The second-order valence-corrected chi connectivity index (χ2v) is 8.61. The Hall–Kier alpha value is -1.63. The zero-order valence-corrected chi connectivity index (χ0v) is 15.7. The highest BCUT2D eigenvalue weighted by molar-refractivity contribution is 7.89. The molecule has 0 amide bonds.